The molecular formula is C15H17NO3S. The molecule has 5 heteroatoms. The third-order valence-electron chi connectivity index (χ3n) is 2.89. The van der Waals surface area contributed by atoms with E-state index in [4.69, 9.17) is 0 Å². The van der Waals surface area contributed by atoms with Crippen molar-refractivity contribution in [2.45, 2.75) is 25.5 Å². The molecule has 0 saturated carbocycles. The monoisotopic (exact) mass is 291 g/mol. The number of benzene rings is 2. The number of carbonyl (C=O) groups is 1. The predicted molar refractivity (Wildman–Crippen MR) is 81.0 cm³/mol. The summed E-state index contributed by atoms with van der Waals surface area (Å²) in [5.74, 6) is -0.631. The zero-order valence-corrected chi connectivity index (χ0v) is 12.5. The molecule has 0 spiro atoms. The van der Waals surface area contributed by atoms with Gasteiger partial charge in [-0.2, -0.15) is 0 Å². The van der Waals surface area contributed by atoms with E-state index >= 15 is 0 Å². The number of fused-ring (bicyclic) bond motifs is 1. The normalized spacial score (nSPS) is 13.2. The van der Waals surface area contributed by atoms with Crippen LogP contribution in [0.2, 0.25) is 0 Å². The van der Waals surface area contributed by atoms with Crippen molar-refractivity contribution in [3.05, 3.63) is 42.0 Å². The van der Waals surface area contributed by atoms with Crippen molar-refractivity contribution in [2.75, 3.05) is 0 Å². The second-order valence-electron chi connectivity index (χ2n) is 5.50. The Hall–Kier alpha value is -1.88. The number of phenols is 1. The second-order valence-corrected chi connectivity index (χ2v) is 7.46. The summed E-state index contributed by atoms with van der Waals surface area (Å²) in [6.45, 7) is 5.30. The Morgan fingerprint density at radius 2 is 1.80 bits per heavy atom. The second kappa shape index (κ2) is 5.25. The van der Waals surface area contributed by atoms with E-state index in [0.717, 1.165) is 5.39 Å². The topological polar surface area (TPSA) is 66.4 Å². The highest BCUT2D eigenvalue weighted by Gasteiger charge is 2.23. The van der Waals surface area contributed by atoms with E-state index in [1.165, 1.54) is 6.07 Å². The van der Waals surface area contributed by atoms with Crippen LogP contribution in [-0.4, -0.2) is 20.0 Å². The molecule has 0 unspecified atom stereocenters. The molecule has 20 heavy (non-hydrogen) atoms. The first-order chi connectivity index (χ1) is 9.30. The molecule has 0 fully saturated rings. The minimum atomic E-state index is -1.52. The van der Waals surface area contributed by atoms with Gasteiger partial charge in [-0.1, -0.05) is 30.3 Å². The Labute approximate surface area is 120 Å². The molecule has 4 nitrogen and oxygen atoms in total. The van der Waals surface area contributed by atoms with E-state index in [-0.39, 0.29) is 11.3 Å². The molecule has 1 amide bonds. The molecule has 2 aromatic rings. The van der Waals surface area contributed by atoms with Crippen molar-refractivity contribution in [1.82, 2.24) is 4.72 Å². The van der Waals surface area contributed by atoms with Crippen LogP contribution in [0, 0.1) is 0 Å². The fourth-order valence-corrected chi connectivity index (χ4v) is 2.32. The van der Waals surface area contributed by atoms with Gasteiger partial charge in [0.25, 0.3) is 5.91 Å². The zero-order valence-electron chi connectivity index (χ0n) is 11.6. The fraction of sp³-hybridized carbons (Fsp3) is 0.267. The Morgan fingerprint density at radius 1 is 1.15 bits per heavy atom. The average Bonchev–Trinajstić information content (AvgIpc) is 2.38. The maximum atomic E-state index is 12.1. The lowest BCUT2D eigenvalue weighted by atomic mass is 10.1. The van der Waals surface area contributed by atoms with Crippen molar-refractivity contribution < 1.29 is 14.1 Å². The number of amides is 1. The highest BCUT2D eigenvalue weighted by molar-refractivity contribution is 7.85. The lowest BCUT2D eigenvalue weighted by Gasteiger charge is -2.18. The van der Waals surface area contributed by atoms with E-state index in [1.807, 2.05) is 12.1 Å². The van der Waals surface area contributed by atoms with E-state index < -0.39 is 21.6 Å². The molecule has 0 radical (unpaired) electrons. The summed E-state index contributed by atoms with van der Waals surface area (Å²) in [4.78, 5) is 12.1. The Balaban J connectivity index is 2.36. The summed E-state index contributed by atoms with van der Waals surface area (Å²) in [5.41, 5.74) is 0.126. The molecule has 0 aliphatic carbocycles. The predicted octanol–water partition coefficient (Wildman–Crippen LogP) is 2.74. The molecule has 0 aliphatic heterocycles. The Morgan fingerprint density at radius 3 is 2.45 bits per heavy atom. The summed E-state index contributed by atoms with van der Waals surface area (Å²) < 4.78 is 13.8. The molecule has 0 bridgehead atoms. The molecule has 2 aromatic carbocycles. The number of hydrogen-bond donors (Lipinski definition) is 2. The molecule has 0 aromatic heterocycles. The number of aromatic hydroxyl groups is 1. The lowest BCUT2D eigenvalue weighted by Crippen LogP contribution is -2.37. The van der Waals surface area contributed by atoms with Crippen LogP contribution in [0.3, 0.4) is 0 Å². The van der Waals surface area contributed by atoms with E-state index in [0.29, 0.717) is 5.39 Å². The lowest BCUT2D eigenvalue weighted by molar-refractivity contribution is 0.0980. The van der Waals surface area contributed by atoms with E-state index in [9.17, 15) is 14.1 Å². The zero-order chi connectivity index (χ0) is 14.9. The molecule has 106 valence electrons. The number of hydrogen-bond acceptors (Lipinski definition) is 3. The number of carbonyl (C=O) groups excluding carboxylic acids is 1. The Kier molecular flexibility index (Phi) is 3.81. The minimum absolute atomic E-state index is 0.0912. The maximum absolute atomic E-state index is 12.1. The number of nitrogens with one attached hydrogen (secondary N) is 1. The number of phenolic OH excluding ortho intramolecular Hbond substituents is 1. The molecule has 0 aliphatic rings. The van der Waals surface area contributed by atoms with Crippen molar-refractivity contribution in [3.8, 4) is 5.75 Å². The van der Waals surface area contributed by atoms with Crippen LogP contribution < -0.4 is 4.72 Å². The van der Waals surface area contributed by atoms with Gasteiger partial charge in [-0.25, -0.2) is 4.21 Å². The Bertz CT molecular complexity index is 689. The first-order valence-electron chi connectivity index (χ1n) is 6.24. The van der Waals surface area contributed by atoms with Gasteiger partial charge in [-0.15, -0.1) is 0 Å². The van der Waals surface area contributed by atoms with Crippen molar-refractivity contribution in [1.29, 1.82) is 0 Å². The molecule has 2 N–H and O–H groups in total. The van der Waals surface area contributed by atoms with Gasteiger partial charge in [0, 0.05) is 5.39 Å². The van der Waals surface area contributed by atoms with Crippen LogP contribution in [0.4, 0.5) is 0 Å². The quantitative estimate of drug-likeness (QED) is 0.894. The molecule has 1 atom stereocenters. The molecule has 0 heterocycles. The van der Waals surface area contributed by atoms with Gasteiger partial charge in [-0.3, -0.25) is 9.52 Å². The summed E-state index contributed by atoms with van der Waals surface area (Å²) in [7, 11) is -1.52. The maximum Gasteiger partial charge on any atom is 0.266 e. The summed E-state index contributed by atoms with van der Waals surface area (Å²) in [6.07, 6.45) is 0. The van der Waals surface area contributed by atoms with Crippen LogP contribution in [0.1, 0.15) is 31.1 Å². The van der Waals surface area contributed by atoms with Crippen LogP contribution in [0.5, 0.6) is 5.75 Å². The smallest absolute Gasteiger partial charge is 0.266 e. The number of rotatable bonds is 2. The van der Waals surface area contributed by atoms with Gasteiger partial charge < -0.3 is 5.11 Å². The largest absolute Gasteiger partial charge is 0.506 e. The first kappa shape index (κ1) is 14.5. The molecular weight excluding hydrogens is 274 g/mol. The van der Waals surface area contributed by atoms with Gasteiger partial charge in [0.15, 0.2) is 0 Å². The van der Waals surface area contributed by atoms with Crippen LogP contribution in [-0.2, 0) is 11.0 Å². The SMILES string of the molecule is CC(C)(C)[S@@](=O)NC(=O)c1ccc2ccccc2c1O. The van der Waals surface area contributed by atoms with Gasteiger partial charge in [-0.05, 0) is 32.2 Å². The minimum Gasteiger partial charge on any atom is -0.506 e. The van der Waals surface area contributed by atoms with Crippen LogP contribution in [0.25, 0.3) is 10.8 Å². The third kappa shape index (κ3) is 2.82. The van der Waals surface area contributed by atoms with Crippen molar-refractivity contribution >= 4 is 27.7 Å². The van der Waals surface area contributed by atoms with E-state index in [2.05, 4.69) is 4.72 Å². The summed E-state index contributed by atoms with van der Waals surface area (Å²) in [6, 6.07) is 10.5. The first-order valence-corrected chi connectivity index (χ1v) is 7.39. The van der Waals surface area contributed by atoms with Crippen molar-refractivity contribution in [3.63, 3.8) is 0 Å². The van der Waals surface area contributed by atoms with Gasteiger partial charge in [0.05, 0.1) is 10.3 Å². The summed E-state index contributed by atoms with van der Waals surface area (Å²) >= 11 is 0. The van der Waals surface area contributed by atoms with Gasteiger partial charge >= 0.3 is 0 Å². The third-order valence-corrected chi connectivity index (χ3v) is 4.37. The molecule has 0 saturated heterocycles. The average molecular weight is 291 g/mol. The summed E-state index contributed by atoms with van der Waals surface area (Å²) in [5, 5.41) is 11.6. The fourth-order valence-electron chi connectivity index (χ4n) is 1.73. The standard InChI is InChI=1S/C15H17NO3S/c1-15(2,3)20(19)16-14(18)12-9-8-10-6-4-5-7-11(10)13(12)17/h4-9,17H,1-3H3,(H,16,18)/t20-/m1/s1. The van der Waals surface area contributed by atoms with Gasteiger partial charge in [0.2, 0.25) is 0 Å². The van der Waals surface area contributed by atoms with Crippen LogP contribution in [0.15, 0.2) is 36.4 Å². The van der Waals surface area contributed by atoms with Crippen molar-refractivity contribution in [2.24, 2.45) is 0 Å². The highest BCUT2D eigenvalue weighted by Crippen LogP contribution is 2.28. The highest BCUT2D eigenvalue weighted by atomic mass is 32.2. The molecule has 2 rings (SSSR count). The van der Waals surface area contributed by atoms with E-state index in [1.54, 1.807) is 39.0 Å². The van der Waals surface area contributed by atoms with Gasteiger partial charge in [0.1, 0.15) is 16.7 Å². The van der Waals surface area contributed by atoms with Crippen LogP contribution >= 0.6 is 0 Å².